The van der Waals surface area contributed by atoms with Crippen LogP contribution in [0.25, 0.3) is 16.7 Å². The third-order valence-electron chi connectivity index (χ3n) is 4.49. The third-order valence-corrected chi connectivity index (χ3v) is 4.49. The summed E-state index contributed by atoms with van der Waals surface area (Å²) in [5.74, 6) is 1.13. The molecule has 3 aromatic rings. The summed E-state index contributed by atoms with van der Waals surface area (Å²) in [4.78, 5) is 16.4. The van der Waals surface area contributed by atoms with Gasteiger partial charge in [-0.05, 0) is 37.8 Å². The molecule has 0 aliphatic carbocycles. The molecular weight excluding hydrogens is 344 g/mol. The number of nitrogens with zero attached hydrogens (tertiary/aromatic N) is 4. The van der Waals surface area contributed by atoms with E-state index in [1.54, 1.807) is 0 Å². The van der Waals surface area contributed by atoms with Crippen molar-refractivity contribution in [2.24, 2.45) is 5.92 Å². The van der Waals surface area contributed by atoms with E-state index in [1.165, 1.54) is 0 Å². The number of aliphatic hydroxyl groups excluding tert-OH is 1. The first kappa shape index (κ1) is 19.0. The van der Waals surface area contributed by atoms with Crippen LogP contribution in [-0.2, 0) is 4.79 Å². The third kappa shape index (κ3) is 4.16. The molecule has 27 heavy (non-hydrogen) atoms. The van der Waals surface area contributed by atoms with Gasteiger partial charge in [-0.3, -0.25) is 9.20 Å². The number of amides is 1. The minimum Gasteiger partial charge on any atom is -0.383 e. The first-order valence-electron chi connectivity index (χ1n) is 9.29. The van der Waals surface area contributed by atoms with Crippen molar-refractivity contribution in [3.05, 3.63) is 30.1 Å². The molecular formula is C19H26N6O2. The summed E-state index contributed by atoms with van der Waals surface area (Å²) in [5, 5.41) is 24.2. The van der Waals surface area contributed by atoms with E-state index in [0.717, 1.165) is 29.7 Å². The summed E-state index contributed by atoms with van der Waals surface area (Å²) in [6, 6.07) is 7.90. The number of aliphatic hydroxyl groups is 1. The Morgan fingerprint density at radius 2 is 1.93 bits per heavy atom. The van der Waals surface area contributed by atoms with Crippen LogP contribution in [-0.4, -0.2) is 49.8 Å². The van der Waals surface area contributed by atoms with Crippen LogP contribution in [0, 0.1) is 12.8 Å². The van der Waals surface area contributed by atoms with Gasteiger partial charge in [0, 0.05) is 13.1 Å². The second kappa shape index (κ2) is 8.30. The van der Waals surface area contributed by atoms with Crippen molar-refractivity contribution in [2.45, 2.75) is 39.7 Å². The lowest BCUT2D eigenvalue weighted by molar-refractivity contribution is -0.131. The Balaban J connectivity index is 1.57. The molecule has 3 N–H and O–H groups in total. The molecule has 8 nitrogen and oxygen atoms in total. The highest BCUT2D eigenvalue weighted by Crippen LogP contribution is 2.21. The molecule has 1 amide bonds. The molecule has 144 valence electrons. The predicted molar refractivity (Wildman–Crippen MR) is 105 cm³/mol. The number of hydrogen-bond donors (Lipinski definition) is 3. The molecule has 0 saturated heterocycles. The first-order chi connectivity index (χ1) is 13.0. The lowest BCUT2D eigenvalue weighted by Crippen LogP contribution is -2.38. The Bertz CT molecular complexity index is 936. The Morgan fingerprint density at radius 3 is 2.70 bits per heavy atom. The van der Waals surface area contributed by atoms with Crippen molar-refractivity contribution < 1.29 is 9.90 Å². The molecule has 2 aromatic heterocycles. The monoisotopic (exact) mass is 370 g/mol. The molecule has 0 fully saturated rings. The molecule has 8 heteroatoms. The quantitative estimate of drug-likeness (QED) is 0.523. The van der Waals surface area contributed by atoms with Crippen LogP contribution >= 0.6 is 0 Å². The number of aromatic nitrogens is 4. The lowest BCUT2D eigenvalue weighted by Gasteiger charge is -2.14. The van der Waals surface area contributed by atoms with Gasteiger partial charge < -0.3 is 15.7 Å². The number of anilines is 1. The maximum Gasteiger partial charge on any atom is 0.249 e. The van der Waals surface area contributed by atoms with Gasteiger partial charge in [0.15, 0.2) is 5.82 Å². The van der Waals surface area contributed by atoms with E-state index >= 15 is 0 Å². The molecule has 2 heterocycles. The maximum atomic E-state index is 11.7. The summed E-state index contributed by atoms with van der Waals surface area (Å²) in [5.41, 5.74) is 2.57. The lowest BCUT2D eigenvalue weighted by atomic mass is 10.1. The van der Waals surface area contributed by atoms with Gasteiger partial charge in [-0.2, -0.15) is 0 Å². The van der Waals surface area contributed by atoms with Crippen LogP contribution in [0.5, 0.6) is 0 Å². The number of carbonyl (C=O) groups is 1. The fourth-order valence-corrected chi connectivity index (χ4v) is 2.92. The Labute approximate surface area is 158 Å². The fraction of sp³-hybridized carbons (Fsp3) is 0.474. The highest BCUT2D eigenvalue weighted by molar-refractivity contribution is 5.83. The molecule has 0 bridgehead atoms. The molecule has 1 aromatic carbocycles. The average Bonchev–Trinajstić information content (AvgIpc) is 3.05. The number of nitrogens with one attached hydrogen (secondary N) is 2. The highest BCUT2D eigenvalue weighted by atomic mass is 16.3. The number of unbranched alkanes of at least 4 members (excludes halogenated alkanes) is 1. The van der Waals surface area contributed by atoms with E-state index in [9.17, 15) is 9.90 Å². The van der Waals surface area contributed by atoms with Crippen LogP contribution in [0.15, 0.2) is 24.3 Å². The summed E-state index contributed by atoms with van der Waals surface area (Å²) in [7, 11) is 0. The normalized spacial score (nSPS) is 12.6. The minimum atomic E-state index is -0.950. The Kier molecular flexibility index (Phi) is 5.85. The van der Waals surface area contributed by atoms with Crippen LogP contribution in [0.3, 0.4) is 0 Å². The highest BCUT2D eigenvalue weighted by Gasteiger charge is 2.17. The first-order valence-corrected chi connectivity index (χ1v) is 9.29. The van der Waals surface area contributed by atoms with Crippen molar-refractivity contribution in [2.75, 3.05) is 18.4 Å². The number of rotatable bonds is 8. The molecule has 3 rings (SSSR count). The average molecular weight is 370 g/mol. The van der Waals surface area contributed by atoms with E-state index in [4.69, 9.17) is 0 Å². The second-order valence-corrected chi connectivity index (χ2v) is 6.97. The molecule has 0 saturated carbocycles. The van der Waals surface area contributed by atoms with Crippen LogP contribution < -0.4 is 10.6 Å². The van der Waals surface area contributed by atoms with E-state index in [2.05, 4.69) is 25.8 Å². The molecule has 0 spiro atoms. The number of fused-ring (bicyclic) bond motifs is 3. The number of para-hydroxylation sites is 2. The zero-order chi connectivity index (χ0) is 19.4. The maximum absolute atomic E-state index is 11.7. The van der Waals surface area contributed by atoms with Gasteiger partial charge in [-0.1, -0.05) is 26.0 Å². The van der Waals surface area contributed by atoms with Gasteiger partial charge in [-0.25, -0.2) is 4.98 Å². The van der Waals surface area contributed by atoms with Crippen molar-refractivity contribution in [3.8, 4) is 0 Å². The zero-order valence-corrected chi connectivity index (χ0v) is 15.9. The zero-order valence-electron chi connectivity index (χ0n) is 15.9. The summed E-state index contributed by atoms with van der Waals surface area (Å²) < 4.78 is 2.00. The number of carbonyl (C=O) groups excluding carboxylic acids is 1. The van der Waals surface area contributed by atoms with E-state index < -0.39 is 6.10 Å². The topological polar surface area (TPSA) is 104 Å². The molecule has 1 atom stereocenters. The van der Waals surface area contributed by atoms with Crippen molar-refractivity contribution in [3.63, 3.8) is 0 Å². The van der Waals surface area contributed by atoms with Crippen LogP contribution in [0.4, 0.5) is 5.82 Å². The summed E-state index contributed by atoms with van der Waals surface area (Å²) >= 11 is 0. The minimum absolute atomic E-state index is 0.0836. The van der Waals surface area contributed by atoms with Gasteiger partial charge in [0.1, 0.15) is 11.9 Å². The largest absolute Gasteiger partial charge is 0.383 e. The SMILES string of the molecule is Cc1nnc2c(NCCCCNC(=O)[C@H](O)C(C)C)nc3ccccc3n12. The van der Waals surface area contributed by atoms with E-state index in [0.29, 0.717) is 24.6 Å². The molecule has 0 aliphatic heterocycles. The van der Waals surface area contributed by atoms with Gasteiger partial charge >= 0.3 is 0 Å². The smallest absolute Gasteiger partial charge is 0.249 e. The van der Waals surface area contributed by atoms with Gasteiger partial charge in [-0.15, -0.1) is 10.2 Å². The predicted octanol–water partition coefficient (Wildman–Crippen LogP) is 1.91. The van der Waals surface area contributed by atoms with Crippen molar-refractivity contribution in [1.29, 1.82) is 0 Å². The number of benzene rings is 1. The van der Waals surface area contributed by atoms with Crippen molar-refractivity contribution >= 4 is 28.4 Å². The van der Waals surface area contributed by atoms with Gasteiger partial charge in [0.25, 0.3) is 0 Å². The van der Waals surface area contributed by atoms with Crippen molar-refractivity contribution in [1.82, 2.24) is 24.9 Å². The van der Waals surface area contributed by atoms with Gasteiger partial charge in [0.2, 0.25) is 11.6 Å². The van der Waals surface area contributed by atoms with Gasteiger partial charge in [0.05, 0.1) is 11.0 Å². The summed E-state index contributed by atoms with van der Waals surface area (Å²) in [6.07, 6.45) is 0.708. The molecule has 0 aliphatic rings. The van der Waals surface area contributed by atoms with Crippen LogP contribution in [0.1, 0.15) is 32.5 Å². The summed E-state index contributed by atoms with van der Waals surface area (Å²) in [6.45, 7) is 6.80. The standard InChI is InChI=1S/C19H26N6O2/c1-12(2)16(26)19(27)21-11-7-6-10-20-17-18-24-23-13(3)25(18)15-9-5-4-8-14(15)22-17/h4-5,8-9,12,16,26H,6-7,10-11H2,1-3H3,(H,20,22)(H,21,27)/t16-/m1/s1. The number of hydrogen-bond acceptors (Lipinski definition) is 6. The van der Waals surface area contributed by atoms with E-state index in [-0.39, 0.29) is 11.8 Å². The fourth-order valence-electron chi connectivity index (χ4n) is 2.92. The molecule has 0 unspecified atom stereocenters. The Morgan fingerprint density at radius 1 is 1.19 bits per heavy atom. The van der Waals surface area contributed by atoms with Crippen LogP contribution in [0.2, 0.25) is 0 Å². The number of aryl methyl sites for hydroxylation is 1. The second-order valence-electron chi connectivity index (χ2n) is 6.97. The van der Waals surface area contributed by atoms with E-state index in [1.807, 2.05) is 49.4 Å². The molecule has 0 radical (unpaired) electrons. The Hall–Kier alpha value is -2.74.